The Morgan fingerprint density at radius 2 is 2.05 bits per heavy atom. The molecule has 0 saturated carbocycles. The van der Waals surface area contributed by atoms with Crippen molar-refractivity contribution < 1.29 is 14.3 Å². The average Bonchev–Trinajstić information content (AvgIpc) is 2.78. The fraction of sp³-hybridized carbons (Fsp3) is 0.333. The van der Waals surface area contributed by atoms with E-state index in [1.807, 2.05) is 24.3 Å². The fourth-order valence-corrected chi connectivity index (χ4v) is 2.27. The van der Waals surface area contributed by atoms with Crippen molar-refractivity contribution in [1.29, 1.82) is 0 Å². The molecule has 2 rings (SSSR count). The first-order chi connectivity index (χ1) is 9.54. The van der Waals surface area contributed by atoms with Crippen LogP contribution in [0.15, 0.2) is 30.5 Å². The van der Waals surface area contributed by atoms with Crippen molar-refractivity contribution in [1.82, 2.24) is 4.57 Å². The molecule has 0 bridgehead atoms. The molecule has 0 aliphatic rings. The van der Waals surface area contributed by atoms with Gasteiger partial charge in [-0.3, -0.25) is 14.2 Å². The van der Waals surface area contributed by atoms with Crippen LogP contribution in [0.25, 0.3) is 10.9 Å². The highest BCUT2D eigenvalue weighted by Gasteiger charge is 2.18. The number of hydrogen-bond acceptors (Lipinski definition) is 4. The van der Waals surface area contributed by atoms with Crippen molar-refractivity contribution >= 4 is 22.8 Å². The second kappa shape index (κ2) is 5.88. The maximum atomic E-state index is 11.7. The van der Waals surface area contributed by atoms with E-state index in [9.17, 15) is 9.59 Å². The van der Waals surface area contributed by atoms with Gasteiger partial charge in [0.25, 0.3) is 0 Å². The van der Waals surface area contributed by atoms with Crippen LogP contribution in [0.1, 0.15) is 36.7 Å². The predicted molar refractivity (Wildman–Crippen MR) is 76.4 cm³/mol. The summed E-state index contributed by atoms with van der Waals surface area (Å²) in [6, 6.07) is 7.02. The number of esters is 1. The fourth-order valence-electron chi connectivity index (χ4n) is 2.27. The summed E-state index contributed by atoms with van der Waals surface area (Å²) in [7, 11) is 0. The van der Waals surface area contributed by atoms with E-state index in [-0.39, 0.29) is 18.3 Å². The topological polar surface area (TPSA) is 74.3 Å². The molecule has 1 heterocycles. The molecule has 0 spiro atoms. The minimum absolute atomic E-state index is 0.0872. The summed E-state index contributed by atoms with van der Waals surface area (Å²) in [6.45, 7) is 3.58. The van der Waals surface area contributed by atoms with E-state index in [1.165, 1.54) is 6.92 Å². The van der Waals surface area contributed by atoms with Crippen LogP contribution in [-0.4, -0.2) is 23.1 Å². The molecule has 2 N–H and O–H groups in total. The van der Waals surface area contributed by atoms with Crippen LogP contribution in [0.3, 0.4) is 0 Å². The number of para-hydroxylation sites is 1. The van der Waals surface area contributed by atoms with Gasteiger partial charge >= 0.3 is 5.97 Å². The number of rotatable bonds is 4. The van der Waals surface area contributed by atoms with Gasteiger partial charge in [0.15, 0.2) is 0 Å². The summed E-state index contributed by atoms with van der Waals surface area (Å²) < 4.78 is 6.46. The predicted octanol–water partition coefficient (Wildman–Crippen LogP) is 2.25. The Bertz CT molecular complexity index is 646. The first-order valence-electron chi connectivity index (χ1n) is 6.56. The molecule has 5 nitrogen and oxygen atoms in total. The van der Waals surface area contributed by atoms with E-state index in [0.717, 1.165) is 16.5 Å². The van der Waals surface area contributed by atoms with E-state index in [4.69, 9.17) is 10.5 Å². The smallest absolute Gasteiger partial charge is 0.307 e. The first kappa shape index (κ1) is 14.3. The Morgan fingerprint density at radius 1 is 1.35 bits per heavy atom. The quantitative estimate of drug-likeness (QED) is 0.868. The van der Waals surface area contributed by atoms with E-state index < -0.39 is 6.04 Å². The Kier molecular flexibility index (Phi) is 4.20. The molecule has 0 aliphatic heterocycles. The van der Waals surface area contributed by atoms with Gasteiger partial charge in [0, 0.05) is 24.5 Å². The third-order valence-electron chi connectivity index (χ3n) is 3.17. The van der Waals surface area contributed by atoms with Crippen LogP contribution in [0, 0.1) is 0 Å². The third-order valence-corrected chi connectivity index (χ3v) is 3.17. The SMILES string of the molecule is CCOC(=O)C[C@H](N)c1cn(C(C)=O)c2ccccc12. The lowest BCUT2D eigenvalue weighted by Gasteiger charge is -2.09. The maximum absolute atomic E-state index is 11.7. The minimum Gasteiger partial charge on any atom is -0.466 e. The first-order valence-corrected chi connectivity index (χ1v) is 6.56. The van der Waals surface area contributed by atoms with E-state index in [1.54, 1.807) is 17.7 Å². The molecule has 20 heavy (non-hydrogen) atoms. The number of carbonyl (C=O) groups excluding carboxylic acids is 2. The van der Waals surface area contributed by atoms with Crippen molar-refractivity contribution in [3.05, 3.63) is 36.0 Å². The molecule has 0 unspecified atom stereocenters. The van der Waals surface area contributed by atoms with Crippen molar-refractivity contribution in [3.63, 3.8) is 0 Å². The molecular formula is C15H18N2O3. The Labute approximate surface area is 117 Å². The van der Waals surface area contributed by atoms with Gasteiger partial charge in [0.05, 0.1) is 18.5 Å². The highest BCUT2D eigenvalue weighted by atomic mass is 16.5. The molecule has 5 heteroatoms. The molecule has 106 valence electrons. The zero-order valence-corrected chi connectivity index (χ0v) is 11.6. The molecule has 1 atom stereocenters. The molecule has 1 aromatic heterocycles. The van der Waals surface area contributed by atoms with E-state index >= 15 is 0 Å². The molecule has 0 aliphatic carbocycles. The number of benzene rings is 1. The normalized spacial score (nSPS) is 12.3. The van der Waals surface area contributed by atoms with E-state index in [0.29, 0.717) is 6.61 Å². The summed E-state index contributed by atoms with van der Waals surface area (Å²) in [5.41, 5.74) is 7.66. The number of carbonyl (C=O) groups is 2. The van der Waals surface area contributed by atoms with Crippen molar-refractivity contribution in [2.75, 3.05) is 6.61 Å². The minimum atomic E-state index is -0.487. The van der Waals surface area contributed by atoms with Crippen molar-refractivity contribution in [2.45, 2.75) is 26.3 Å². The molecule has 0 saturated heterocycles. The number of nitrogens with two attached hydrogens (primary N) is 1. The van der Waals surface area contributed by atoms with Crippen LogP contribution < -0.4 is 5.73 Å². The summed E-state index contributed by atoms with van der Waals surface area (Å²) in [4.78, 5) is 23.2. The summed E-state index contributed by atoms with van der Waals surface area (Å²) in [6.07, 6.45) is 1.80. The van der Waals surface area contributed by atoms with Crippen LogP contribution in [0.4, 0.5) is 0 Å². The second-order valence-electron chi connectivity index (χ2n) is 4.61. The van der Waals surface area contributed by atoms with Crippen molar-refractivity contribution in [3.8, 4) is 0 Å². The van der Waals surface area contributed by atoms with Gasteiger partial charge in [-0.15, -0.1) is 0 Å². The molecule has 0 fully saturated rings. The van der Waals surface area contributed by atoms with Crippen LogP contribution in [0.2, 0.25) is 0 Å². The van der Waals surface area contributed by atoms with Crippen LogP contribution in [-0.2, 0) is 9.53 Å². The Hall–Kier alpha value is -2.14. The monoisotopic (exact) mass is 274 g/mol. The number of aromatic nitrogens is 1. The zero-order valence-electron chi connectivity index (χ0n) is 11.6. The molecular weight excluding hydrogens is 256 g/mol. The van der Waals surface area contributed by atoms with Crippen LogP contribution >= 0.6 is 0 Å². The largest absolute Gasteiger partial charge is 0.466 e. The summed E-state index contributed by atoms with van der Waals surface area (Å²) in [5.74, 6) is -0.421. The zero-order chi connectivity index (χ0) is 14.7. The van der Waals surface area contributed by atoms with Gasteiger partial charge in [-0.1, -0.05) is 18.2 Å². The number of hydrogen-bond donors (Lipinski definition) is 1. The highest BCUT2D eigenvalue weighted by molar-refractivity contribution is 5.94. The van der Waals surface area contributed by atoms with Gasteiger partial charge < -0.3 is 10.5 Å². The third kappa shape index (κ3) is 2.72. The van der Waals surface area contributed by atoms with Gasteiger partial charge in [-0.25, -0.2) is 0 Å². The summed E-state index contributed by atoms with van der Waals surface area (Å²) >= 11 is 0. The molecule has 2 aromatic rings. The lowest BCUT2D eigenvalue weighted by atomic mass is 10.0. The number of ether oxygens (including phenoxy) is 1. The lowest BCUT2D eigenvalue weighted by molar-refractivity contribution is -0.143. The van der Waals surface area contributed by atoms with Crippen LogP contribution in [0.5, 0.6) is 0 Å². The van der Waals surface area contributed by atoms with Gasteiger partial charge in [0.1, 0.15) is 0 Å². The molecule has 0 radical (unpaired) electrons. The Morgan fingerprint density at radius 3 is 2.70 bits per heavy atom. The molecule has 0 amide bonds. The van der Waals surface area contributed by atoms with Gasteiger partial charge in [-0.2, -0.15) is 0 Å². The van der Waals surface area contributed by atoms with Crippen molar-refractivity contribution in [2.24, 2.45) is 5.73 Å². The Balaban J connectivity index is 2.39. The number of nitrogens with zero attached hydrogens (tertiary/aromatic N) is 1. The standard InChI is InChI=1S/C15H18N2O3/c1-3-20-15(19)8-13(16)12-9-17(10(2)18)14-7-5-4-6-11(12)14/h4-7,9,13H,3,8,16H2,1-2H3/t13-/m0/s1. The van der Waals surface area contributed by atoms with E-state index in [2.05, 4.69) is 0 Å². The molecule has 1 aromatic carbocycles. The highest BCUT2D eigenvalue weighted by Crippen LogP contribution is 2.27. The van der Waals surface area contributed by atoms with Gasteiger partial charge in [0.2, 0.25) is 5.91 Å². The lowest BCUT2D eigenvalue weighted by Crippen LogP contribution is -2.17. The maximum Gasteiger partial charge on any atom is 0.307 e. The summed E-state index contributed by atoms with van der Waals surface area (Å²) in [5, 5.41) is 0.888. The average molecular weight is 274 g/mol. The van der Waals surface area contributed by atoms with Gasteiger partial charge in [-0.05, 0) is 18.6 Å². The number of fused-ring (bicyclic) bond motifs is 1. The second-order valence-corrected chi connectivity index (χ2v) is 4.61.